The minimum absolute atomic E-state index is 0.0495. The molecule has 3 aliphatic rings. The van der Waals surface area contributed by atoms with Gasteiger partial charge in [-0.15, -0.1) is 0 Å². The highest BCUT2D eigenvalue weighted by Crippen LogP contribution is 2.51. The molecule has 0 radical (unpaired) electrons. The first-order chi connectivity index (χ1) is 20.0. The molecule has 22 heteroatoms. The number of nitrogens with one attached hydrogen (secondary N) is 1. The first-order valence-electron chi connectivity index (χ1n) is 12.3. The van der Waals surface area contributed by atoms with Gasteiger partial charge >= 0.3 is 7.82 Å². The third kappa shape index (κ3) is 4.87. The fraction of sp³-hybridized carbons (Fsp3) is 0.550. The van der Waals surface area contributed by atoms with Crippen LogP contribution < -0.4 is 22.5 Å². The number of nitrogens with zero attached hydrogens (tertiary/aromatic N) is 7. The molecule has 3 aliphatic heterocycles. The van der Waals surface area contributed by atoms with Gasteiger partial charge in [0.05, 0.1) is 19.3 Å². The van der Waals surface area contributed by atoms with Crippen molar-refractivity contribution in [3.8, 4) is 0 Å². The van der Waals surface area contributed by atoms with Crippen LogP contribution in [0.25, 0.3) is 11.2 Å². The number of nitrogens with two attached hydrogens (primary N) is 3. The number of aliphatic hydroxyl groups is 1. The fourth-order valence-corrected chi connectivity index (χ4v) is 5.80. The Kier molecular flexibility index (Phi) is 7.32. The van der Waals surface area contributed by atoms with Crippen molar-refractivity contribution >= 4 is 36.6 Å². The molecule has 6 heterocycles. The Labute approximate surface area is 234 Å². The van der Waals surface area contributed by atoms with E-state index in [4.69, 9.17) is 40.5 Å². The number of hydrogen-bond acceptors (Lipinski definition) is 16. The van der Waals surface area contributed by atoms with Gasteiger partial charge in [0.15, 0.2) is 54.6 Å². The second-order valence-electron chi connectivity index (χ2n) is 9.46. The summed E-state index contributed by atoms with van der Waals surface area (Å²) in [6.07, 6.45) is -10.8. The Hall–Kier alpha value is -3.40. The van der Waals surface area contributed by atoms with Gasteiger partial charge in [0.1, 0.15) is 41.7 Å². The molecule has 2 fully saturated rings. The van der Waals surface area contributed by atoms with Gasteiger partial charge in [-0.3, -0.25) is 18.2 Å². The van der Waals surface area contributed by atoms with E-state index < -0.39 is 70.0 Å². The van der Waals surface area contributed by atoms with E-state index in [0.717, 1.165) is 6.33 Å². The average Bonchev–Trinajstić information content (AvgIpc) is 3.69. The van der Waals surface area contributed by atoms with Crippen molar-refractivity contribution in [2.45, 2.75) is 55.6 Å². The topological polar surface area (TPSA) is 268 Å². The Morgan fingerprint density at radius 2 is 1.88 bits per heavy atom. The molecular weight excluding hydrogens is 591 g/mol. The van der Waals surface area contributed by atoms with Crippen LogP contribution in [0.1, 0.15) is 24.3 Å². The number of guanidine groups is 1. The van der Waals surface area contributed by atoms with Gasteiger partial charge in [0, 0.05) is 7.11 Å². The van der Waals surface area contributed by atoms with Crippen molar-refractivity contribution in [2.24, 2.45) is 16.5 Å². The van der Waals surface area contributed by atoms with Crippen LogP contribution in [0.3, 0.4) is 0 Å². The molecule has 6 unspecified atom stereocenters. The number of methoxy groups -OCH3 is 1. The number of aliphatic hydroxyl groups excluding tert-OH is 1. The summed E-state index contributed by atoms with van der Waals surface area (Å²) in [5.74, 6) is 0.184. The minimum Gasteiger partial charge on any atom is -0.387 e. The molecule has 2 saturated heterocycles. The molecule has 0 aliphatic carbocycles. The van der Waals surface area contributed by atoms with Crippen molar-refractivity contribution in [3.05, 3.63) is 24.7 Å². The zero-order valence-corrected chi connectivity index (χ0v) is 22.4. The Morgan fingerprint density at radius 1 is 1.12 bits per heavy atom. The number of anilines is 2. The van der Waals surface area contributed by atoms with E-state index in [2.05, 4.69) is 30.2 Å². The van der Waals surface area contributed by atoms with E-state index in [1.165, 1.54) is 28.9 Å². The first-order valence-corrected chi connectivity index (χ1v) is 13.8. The Balaban J connectivity index is 1.17. The highest BCUT2D eigenvalue weighted by atomic mass is 31.2. The number of ether oxygens (including phenoxy) is 3. The number of aromatic nitrogens is 6. The number of rotatable bonds is 8. The van der Waals surface area contributed by atoms with Crippen LogP contribution in [0.15, 0.2) is 24.0 Å². The highest BCUT2D eigenvalue weighted by Gasteiger charge is 2.52. The zero-order valence-electron chi connectivity index (χ0n) is 21.5. The maximum Gasteiger partial charge on any atom is 0.472 e. The maximum absolute atomic E-state index is 15.3. The number of phosphoric acid groups is 1. The van der Waals surface area contributed by atoms with E-state index in [1.807, 2.05) is 0 Å². The van der Waals surface area contributed by atoms with Gasteiger partial charge in [-0.05, 0) is 0 Å². The number of imidazole rings is 2. The standard InChI is InChI=1S/C20H26F2N11O8P/c1-37-19-8(22)12(18(40-19)33-5-29-10-14(24)30-20(25)31-16(10)33)41-42(35,36)38-2-6-11(34)7(21)17(39-6)32-4-28-9-13(23)26-3-27-15(9)32/h3-8,11-12,14,17-19,34H,2,24H2,1H3,(H,35,36)(H2,23,26,27)(H3,25,30,31)/t6-,7?,8?,11?,12?,14?,17-,18-,19+/m1/s1. The summed E-state index contributed by atoms with van der Waals surface area (Å²) in [6.45, 7) is -0.817. The number of halogens is 2. The molecule has 9 N–H and O–H groups in total. The van der Waals surface area contributed by atoms with E-state index in [9.17, 15) is 14.6 Å². The van der Waals surface area contributed by atoms with Crippen molar-refractivity contribution in [1.82, 2.24) is 29.1 Å². The molecular formula is C20H26F2N11O8P. The number of alkyl halides is 2. The summed E-state index contributed by atoms with van der Waals surface area (Å²) in [5.41, 5.74) is 18.0. The second kappa shape index (κ2) is 10.7. The lowest BCUT2D eigenvalue weighted by molar-refractivity contribution is -0.150. The fourth-order valence-electron chi connectivity index (χ4n) is 4.87. The van der Waals surface area contributed by atoms with E-state index in [1.54, 1.807) is 0 Å². The third-order valence-corrected chi connectivity index (χ3v) is 7.86. The quantitative estimate of drug-likeness (QED) is 0.164. The minimum atomic E-state index is -5.10. The van der Waals surface area contributed by atoms with E-state index in [0.29, 0.717) is 0 Å². The van der Waals surface area contributed by atoms with Gasteiger partial charge in [0.2, 0.25) is 0 Å². The monoisotopic (exact) mass is 617 g/mol. The summed E-state index contributed by atoms with van der Waals surface area (Å²) < 4.78 is 72.1. The van der Waals surface area contributed by atoms with Crippen LogP contribution in [0.5, 0.6) is 0 Å². The van der Waals surface area contributed by atoms with Crippen LogP contribution in [-0.4, -0.2) is 95.7 Å². The molecule has 228 valence electrons. The lowest BCUT2D eigenvalue weighted by Gasteiger charge is -2.26. The highest BCUT2D eigenvalue weighted by molar-refractivity contribution is 7.47. The summed E-state index contributed by atoms with van der Waals surface area (Å²) in [7, 11) is -3.94. The van der Waals surface area contributed by atoms with Crippen LogP contribution in [0, 0.1) is 0 Å². The molecule has 0 spiro atoms. The summed E-state index contributed by atoms with van der Waals surface area (Å²) in [6, 6.07) is 0. The average molecular weight is 617 g/mol. The lowest BCUT2D eigenvalue weighted by Crippen LogP contribution is -2.35. The second-order valence-corrected chi connectivity index (χ2v) is 10.9. The van der Waals surface area contributed by atoms with Crippen LogP contribution in [0.4, 0.5) is 20.4 Å². The summed E-state index contributed by atoms with van der Waals surface area (Å²) in [4.78, 5) is 30.4. The number of phosphoric ester groups is 1. The number of nitrogen functional groups attached to an aromatic ring is 1. The van der Waals surface area contributed by atoms with Crippen molar-refractivity contribution in [2.75, 3.05) is 24.8 Å². The summed E-state index contributed by atoms with van der Waals surface area (Å²) in [5, 5.41) is 13.2. The van der Waals surface area contributed by atoms with Crippen LogP contribution in [-0.2, 0) is 27.8 Å². The molecule has 3 aromatic heterocycles. The maximum atomic E-state index is 15.3. The molecule has 0 saturated carbocycles. The molecule has 0 aromatic carbocycles. The third-order valence-electron chi connectivity index (χ3n) is 6.87. The smallest absolute Gasteiger partial charge is 0.387 e. The molecule has 3 aromatic rings. The van der Waals surface area contributed by atoms with Crippen molar-refractivity contribution < 1.29 is 46.6 Å². The van der Waals surface area contributed by atoms with Gasteiger partial charge in [-0.1, -0.05) is 0 Å². The molecule has 19 nitrogen and oxygen atoms in total. The molecule has 0 amide bonds. The number of fused-ring (bicyclic) bond motifs is 2. The lowest BCUT2D eigenvalue weighted by atomic mass is 10.1. The Bertz CT molecular complexity index is 1560. The van der Waals surface area contributed by atoms with Crippen molar-refractivity contribution in [1.29, 1.82) is 0 Å². The molecule has 42 heavy (non-hydrogen) atoms. The van der Waals surface area contributed by atoms with Gasteiger partial charge in [-0.2, -0.15) is 0 Å². The Morgan fingerprint density at radius 3 is 2.64 bits per heavy atom. The van der Waals surface area contributed by atoms with Crippen LogP contribution in [0.2, 0.25) is 0 Å². The van der Waals surface area contributed by atoms with Crippen molar-refractivity contribution in [3.63, 3.8) is 0 Å². The van der Waals surface area contributed by atoms with Crippen LogP contribution >= 0.6 is 7.82 Å². The van der Waals surface area contributed by atoms with Gasteiger partial charge in [0.25, 0.3) is 0 Å². The van der Waals surface area contributed by atoms with E-state index >= 15 is 8.78 Å². The predicted octanol–water partition coefficient (Wildman–Crippen LogP) is -1.06. The SMILES string of the molecule is CO[C@H]1O[C@@H](n2cnc3c2NC(N)=NC3N)C(OP(=O)(O)OC[C@H]2O[C@@H](n3cnc4c(N)ncnc43)C(F)C2O)C1F. The summed E-state index contributed by atoms with van der Waals surface area (Å²) >= 11 is 0. The molecule has 0 bridgehead atoms. The molecule has 10 atom stereocenters. The number of aliphatic imine (C=N–C) groups is 1. The predicted molar refractivity (Wildman–Crippen MR) is 135 cm³/mol. The first kappa shape index (κ1) is 28.7. The molecule has 6 rings (SSSR count). The largest absolute Gasteiger partial charge is 0.472 e. The normalized spacial score (nSPS) is 34.2. The zero-order chi connectivity index (χ0) is 29.9. The number of hydrogen-bond donors (Lipinski definition) is 6. The van der Waals surface area contributed by atoms with Gasteiger partial charge in [-0.25, -0.2) is 38.3 Å². The van der Waals surface area contributed by atoms with E-state index in [-0.39, 0.29) is 34.5 Å². The van der Waals surface area contributed by atoms with Gasteiger partial charge < -0.3 is 46.7 Å².